The minimum absolute atomic E-state index is 0.346. The zero-order valence-electron chi connectivity index (χ0n) is 11.2. The third-order valence-corrected chi connectivity index (χ3v) is 5.05. The molecule has 0 aliphatic rings. The van der Waals surface area contributed by atoms with Crippen LogP contribution in [0.2, 0.25) is 0 Å². The maximum atomic E-state index is 12.4. The second-order valence-electron chi connectivity index (χ2n) is 4.30. The Morgan fingerprint density at radius 1 is 1.35 bits per heavy atom. The summed E-state index contributed by atoms with van der Waals surface area (Å²) in [6.45, 7) is 6.10. The summed E-state index contributed by atoms with van der Waals surface area (Å²) in [5.74, 6) is 0. The molecule has 1 heterocycles. The summed E-state index contributed by atoms with van der Waals surface area (Å²) in [4.78, 5) is 0.346. The monoisotopic (exact) mass is 259 g/mol. The molecular weight excluding hydrogens is 238 g/mol. The van der Waals surface area contributed by atoms with E-state index in [2.05, 4.69) is 5.10 Å². The fourth-order valence-corrected chi connectivity index (χ4v) is 3.38. The maximum absolute atomic E-state index is 12.4. The van der Waals surface area contributed by atoms with Crippen molar-refractivity contribution >= 4 is 10.0 Å². The quantitative estimate of drug-likeness (QED) is 0.804. The minimum atomic E-state index is -3.40. The number of hydrogen-bond donors (Lipinski definition) is 0. The van der Waals surface area contributed by atoms with Crippen molar-refractivity contribution in [3.05, 3.63) is 11.4 Å². The lowest BCUT2D eigenvalue weighted by atomic mass is 10.3. The van der Waals surface area contributed by atoms with Crippen LogP contribution in [0.3, 0.4) is 0 Å². The van der Waals surface area contributed by atoms with E-state index in [0.717, 1.165) is 12.8 Å². The SMILES string of the molecule is CCCCN(C)S(=O)(=O)c1c(C)nn(C)c1C. The number of hydrogen-bond acceptors (Lipinski definition) is 3. The van der Waals surface area contributed by atoms with Gasteiger partial charge in [0, 0.05) is 20.6 Å². The Balaban J connectivity index is 3.13. The highest BCUT2D eigenvalue weighted by molar-refractivity contribution is 7.89. The van der Waals surface area contributed by atoms with Gasteiger partial charge in [0.2, 0.25) is 10.0 Å². The molecule has 0 atom stereocenters. The van der Waals surface area contributed by atoms with Crippen LogP contribution in [0.1, 0.15) is 31.2 Å². The highest BCUT2D eigenvalue weighted by atomic mass is 32.2. The van der Waals surface area contributed by atoms with Gasteiger partial charge in [0.1, 0.15) is 4.90 Å². The molecule has 0 spiro atoms. The van der Waals surface area contributed by atoms with E-state index in [0.29, 0.717) is 22.8 Å². The van der Waals surface area contributed by atoms with Gasteiger partial charge >= 0.3 is 0 Å². The number of rotatable bonds is 5. The van der Waals surface area contributed by atoms with E-state index in [9.17, 15) is 8.42 Å². The molecule has 1 aromatic rings. The first-order chi connectivity index (χ1) is 7.82. The first-order valence-corrected chi connectivity index (χ1v) is 7.23. The molecule has 0 saturated heterocycles. The van der Waals surface area contributed by atoms with Crippen molar-refractivity contribution in [3.63, 3.8) is 0 Å². The molecule has 0 saturated carbocycles. The molecule has 0 bridgehead atoms. The van der Waals surface area contributed by atoms with E-state index in [1.165, 1.54) is 4.31 Å². The van der Waals surface area contributed by atoms with Crippen LogP contribution in [0.15, 0.2) is 4.90 Å². The van der Waals surface area contributed by atoms with Gasteiger partial charge in [0.05, 0.1) is 11.4 Å². The first-order valence-electron chi connectivity index (χ1n) is 5.79. The van der Waals surface area contributed by atoms with Gasteiger partial charge in [-0.25, -0.2) is 12.7 Å². The molecule has 0 aliphatic carbocycles. The topological polar surface area (TPSA) is 55.2 Å². The molecule has 1 aromatic heterocycles. The highest BCUT2D eigenvalue weighted by Gasteiger charge is 2.27. The second kappa shape index (κ2) is 5.18. The number of sulfonamides is 1. The molecular formula is C11H21N3O2S. The molecule has 5 nitrogen and oxygen atoms in total. The number of nitrogens with zero attached hydrogens (tertiary/aromatic N) is 3. The van der Waals surface area contributed by atoms with Crippen LogP contribution >= 0.6 is 0 Å². The van der Waals surface area contributed by atoms with Crippen molar-refractivity contribution in [1.29, 1.82) is 0 Å². The summed E-state index contributed by atoms with van der Waals surface area (Å²) in [6.07, 6.45) is 1.85. The van der Waals surface area contributed by atoms with Crippen LogP contribution in [0.4, 0.5) is 0 Å². The number of unbranched alkanes of at least 4 members (excludes halogenated alkanes) is 1. The molecule has 1 rings (SSSR count). The lowest BCUT2D eigenvalue weighted by Crippen LogP contribution is -2.28. The summed E-state index contributed by atoms with van der Waals surface area (Å²) in [6, 6.07) is 0. The normalized spacial score (nSPS) is 12.4. The Hall–Kier alpha value is -0.880. The van der Waals surface area contributed by atoms with E-state index < -0.39 is 10.0 Å². The van der Waals surface area contributed by atoms with Crippen molar-refractivity contribution in [2.24, 2.45) is 7.05 Å². The molecule has 17 heavy (non-hydrogen) atoms. The molecule has 0 N–H and O–H groups in total. The van der Waals surface area contributed by atoms with E-state index in [4.69, 9.17) is 0 Å². The Morgan fingerprint density at radius 2 is 1.94 bits per heavy atom. The predicted octanol–water partition coefficient (Wildman–Crippen LogP) is 1.46. The average molecular weight is 259 g/mol. The van der Waals surface area contributed by atoms with Gasteiger partial charge in [-0.3, -0.25) is 4.68 Å². The van der Waals surface area contributed by atoms with E-state index >= 15 is 0 Å². The van der Waals surface area contributed by atoms with Gasteiger partial charge in [-0.2, -0.15) is 5.10 Å². The van der Waals surface area contributed by atoms with Crippen molar-refractivity contribution in [1.82, 2.24) is 14.1 Å². The lowest BCUT2D eigenvalue weighted by molar-refractivity contribution is 0.458. The average Bonchev–Trinajstić information content (AvgIpc) is 2.49. The first kappa shape index (κ1) is 14.2. The summed E-state index contributed by atoms with van der Waals surface area (Å²) >= 11 is 0. The Bertz CT molecular complexity index is 491. The molecule has 0 radical (unpaired) electrons. The van der Waals surface area contributed by atoms with Gasteiger partial charge in [0.25, 0.3) is 0 Å². The molecule has 6 heteroatoms. The van der Waals surface area contributed by atoms with Gasteiger partial charge in [-0.05, 0) is 20.3 Å². The highest BCUT2D eigenvalue weighted by Crippen LogP contribution is 2.22. The molecule has 0 amide bonds. The van der Waals surface area contributed by atoms with E-state index in [1.54, 1.807) is 32.6 Å². The van der Waals surface area contributed by atoms with Crippen LogP contribution in [-0.4, -0.2) is 36.1 Å². The van der Waals surface area contributed by atoms with Crippen LogP contribution in [-0.2, 0) is 17.1 Å². The van der Waals surface area contributed by atoms with Gasteiger partial charge < -0.3 is 0 Å². The summed E-state index contributed by atoms with van der Waals surface area (Å²) in [7, 11) is -0.0225. The number of aromatic nitrogens is 2. The van der Waals surface area contributed by atoms with Crippen molar-refractivity contribution < 1.29 is 8.42 Å². The molecule has 98 valence electrons. The van der Waals surface area contributed by atoms with Crippen molar-refractivity contribution in [2.45, 2.75) is 38.5 Å². The fraction of sp³-hybridized carbons (Fsp3) is 0.727. The predicted molar refractivity (Wildman–Crippen MR) is 67.4 cm³/mol. The van der Waals surface area contributed by atoms with Crippen LogP contribution in [0.25, 0.3) is 0 Å². The van der Waals surface area contributed by atoms with E-state index in [1.807, 2.05) is 6.92 Å². The molecule has 0 aliphatic heterocycles. The zero-order valence-corrected chi connectivity index (χ0v) is 12.0. The largest absolute Gasteiger partial charge is 0.271 e. The summed E-state index contributed by atoms with van der Waals surface area (Å²) < 4.78 is 27.7. The zero-order chi connectivity index (χ0) is 13.2. The third kappa shape index (κ3) is 2.69. The van der Waals surface area contributed by atoms with Crippen molar-refractivity contribution in [2.75, 3.05) is 13.6 Å². The Morgan fingerprint density at radius 3 is 2.35 bits per heavy atom. The smallest absolute Gasteiger partial charge is 0.246 e. The second-order valence-corrected chi connectivity index (χ2v) is 6.29. The van der Waals surface area contributed by atoms with Crippen LogP contribution in [0.5, 0.6) is 0 Å². The van der Waals surface area contributed by atoms with Crippen molar-refractivity contribution in [3.8, 4) is 0 Å². The van der Waals surface area contributed by atoms with Gasteiger partial charge in [0.15, 0.2) is 0 Å². The summed E-state index contributed by atoms with van der Waals surface area (Å²) in [5, 5.41) is 4.15. The lowest BCUT2D eigenvalue weighted by Gasteiger charge is -2.16. The molecule has 0 unspecified atom stereocenters. The Kier molecular flexibility index (Phi) is 4.32. The molecule has 0 fully saturated rings. The van der Waals surface area contributed by atoms with Gasteiger partial charge in [-0.15, -0.1) is 0 Å². The standard InChI is InChI=1S/C11H21N3O2S/c1-6-7-8-13(4)17(15,16)11-9(2)12-14(5)10(11)3/h6-8H2,1-5H3. The summed E-state index contributed by atoms with van der Waals surface area (Å²) in [5.41, 5.74) is 1.25. The minimum Gasteiger partial charge on any atom is -0.271 e. The Labute approximate surface area is 103 Å². The van der Waals surface area contributed by atoms with Crippen LogP contribution in [0, 0.1) is 13.8 Å². The molecule has 0 aromatic carbocycles. The fourth-order valence-electron chi connectivity index (χ4n) is 1.78. The van der Waals surface area contributed by atoms with Crippen LogP contribution < -0.4 is 0 Å². The third-order valence-electron chi connectivity index (χ3n) is 2.94. The van der Waals surface area contributed by atoms with Gasteiger partial charge in [-0.1, -0.05) is 13.3 Å². The van der Waals surface area contributed by atoms with E-state index in [-0.39, 0.29) is 0 Å². The number of aryl methyl sites for hydroxylation is 2. The maximum Gasteiger partial charge on any atom is 0.246 e.